The molecule has 0 saturated heterocycles. The number of benzene rings is 4. The molecule has 4 aromatic carbocycles. The number of allylic oxidation sites excluding steroid dienone is 2. The van der Waals surface area contributed by atoms with E-state index in [2.05, 4.69) is 149 Å². The van der Waals surface area contributed by atoms with Crippen molar-refractivity contribution in [3.05, 3.63) is 121 Å². The Morgan fingerprint density at radius 2 is 1.23 bits per heavy atom. The maximum absolute atomic E-state index is 8.82. The molecule has 0 bridgehead atoms. The Labute approximate surface area is 329 Å². The van der Waals surface area contributed by atoms with Crippen molar-refractivity contribution in [3.63, 3.8) is 0 Å². The number of methoxy groups -OCH3 is 1. The second-order valence-corrected chi connectivity index (χ2v) is 61.6. The van der Waals surface area contributed by atoms with Gasteiger partial charge < -0.3 is 0 Å². The molecule has 2 atom stereocenters. The monoisotopic (exact) mass is 839 g/mol. The summed E-state index contributed by atoms with van der Waals surface area (Å²) >= 11 is -4.96. The molecule has 7 rings (SSSR count). The molecule has 0 amide bonds. The van der Waals surface area contributed by atoms with E-state index in [0.717, 1.165) is 18.6 Å². The van der Waals surface area contributed by atoms with Gasteiger partial charge in [0.1, 0.15) is 0 Å². The molecule has 3 aliphatic carbocycles. The maximum atomic E-state index is 8.82. The minimum atomic E-state index is -4.96. The number of hydrogen-bond donors (Lipinski definition) is 0. The van der Waals surface area contributed by atoms with E-state index in [-0.39, 0.29) is 18.1 Å². The SMILES string of the molecule is COc1c(C(C)(C)C)cc2c(c1-c1cc(C)cc(C)c1)C=C(C)[CH]2[Zr]([Cl])([Cl])([CH]1C(C)=Cc2c1cc1c(c2-c2ccc(C(C)(C)C)cc2)CCC1)[SiH](C)C. The van der Waals surface area contributed by atoms with Crippen LogP contribution in [0.1, 0.15) is 125 Å². The molecule has 0 heterocycles. The molecule has 0 radical (unpaired) electrons. The zero-order valence-corrected chi connectivity index (χ0v) is 39.5. The van der Waals surface area contributed by atoms with E-state index >= 15 is 0 Å². The molecule has 0 aliphatic heterocycles. The Balaban J connectivity index is 1.50. The number of aryl methyl sites for hydroxylation is 3. The van der Waals surface area contributed by atoms with Gasteiger partial charge in [-0.1, -0.05) is 0 Å². The van der Waals surface area contributed by atoms with Crippen LogP contribution in [0.3, 0.4) is 0 Å². The third-order valence-electron chi connectivity index (χ3n) is 12.9. The van der Waals surface area contributed by atoms with E-state index in [1.54, 1.807) is 0 Å². The molecule has 0 aromatic heterocycles. The molecule has 2 unspecified atom stereocenters. The summed E-state index contributed by atoms with van der Waals surface area (Å²) in [5, 5.41) is 0. The second kappa shape index (κ2) is 13.2. The summed E-state index contributed by atoms with van der Waals surface area (Å²) in [4.78, 5) is 0. The summed E-state index contributed by atoms with van der Waals surface area (Å²) in [5.74, 6) is -0.744. The van der Waals surface area contributed by atoms with Crippen molar-refractivity contribution >= 4 is 35.1 Å². The number of hydrogen-bond acceptors (Lipinski definition) is 1. The van der Waals surface area contributed by atoms with E-state index in [4.69, 9.17) is 21.8 Å². The van der Waals surface area contributed by atoms with Gasteiger partial charge in [0.05, 0.1) is 0 Å². The van der Waals surface area contributed by atoms with Gasteiger partial charge in [0.2, 0.25) is 0 Å². The van der Waals surface area contributed by atoms with E-state index < -0.39 is 21.5 Å². The third kappa shape index (κ3) is 6.18. The number of ether oxygens (including phenoxy) is 1. The van der Waals surface area contributed by atoms with Gasteiger partial charge in [-0.05, 0) is 0 Å². The van der Waals surface area contributed by atoms with Gasteiger partial charge in [0.25, 0.3) is 0 Å². The predicted molar refractivity (Wildman–Crippen MR) is 233 cm³/mol. The molecule has 3 aliphatic rings. The van der Waals surface area contributed by atoms with Gasteiger partial charge in [-0.2, -0.15) is 0 Å². The molecule has 5 heteroatoms. The summed E-state index contributed by atoms with van der Waals surface area (Å²) in [5.41, 5.74) is 21.2. The quantitative estimate of drug-likeness (QED) is 0.176. The van der Waals surface area contributed by atoms with Crippen LogP contribution in [0.2, 0.25) is 13.1 Å². The fraction of sp³-hybridized carbons (Fsp3) is 0.417. The Morgan fingerprint density at radius 1 is 0.679 bits per heavy atom. The van der Waals surface area contributed by atoms with Crippen LogP contribution in [0.4, 0.5) is 0 Å². The molecule has 0 spiro atoms. The average molecular weight is 842 g/mol. The molecule has 0 N–H and O–H groups in total. The number of fused-ring (bicyclic) bond motifs is 3. The standard InChI is InChI=1S/C23H27O.C23H25.C2H7Si.2ClH.Zr/c1-14-8-15(2)11-18(10-14)21-19-12-16(3)9-17(19)13-20(22(21)24-7)23(4,5)6;1-15-12-18-14-17-6-5-7-20(17)22(21(18)13-15)16-8-10-19(11-9-16)23(2,3)4;1-3-2;;;/h8-13H,1-7H3;8-14H,5-7H2,1-4H3;3H,1-2H3;2*1H;/q;;;;;+2/p-2. The number of halogens is 2. The molecule has 4 aromatic rings. The van der Waals surface area contributed by atoms with Crippen LogP contribution < -0.4 is 4.74 Å². The van der Waals surface area contributed by atoms with Crippen molar-refractivity contribution in [1.82, 2.24) is 0 Å². The Morgan fingerprint density at radius 3 is 1.74 bits per heavy atom. The van der Waals surface area contributed by atoms with Gasteiger partial charge in [-0.3, -0.25) is 0 Å². The Bertz CT molecular complexity index is 2210. The van der Waals surface area contributed by atoms with Crippen LogP contribution >= 0.6 is 17.0 Å². The van der Waals surface area contributed by atoms with Crippen molar-refractivity contribution < 1.29 is 20.3 Å². The van der Waals surface area contributed by atoms with Gasteiger partial charge in [-0.15, -0.1) is 0 Å². The molecule has 279 valence electrons. The van der Waals surface area contributed by atoms with Crippen molar-refractivity contribution in [2.75, 3.05) is 7.11 Å². The molecule has 0 fully saturated rings. The van der Waals surface area contributed by atoms with Crippen molar-refractivity contribution in [2.45, 2.75) is 120 Å². The average Bonchev–Trinajstić information content (AvgIpc) is 3.75. The summed E-state index contributed by atoms with van der Waals surface area (Å²) in [6.45, 7) is 27.7. The van der Waals surface area contributed by atoms with Crippen LogP contribution in [0.15, 0.2) is 65.7 Å². The fourth-order valence-electron chi connectivity index (χ4n) is 10.3. The first-order valence-electron chi connectivity index (χ1n) is 19.7. The molecule has 1 nitrogen and oxygen atoms in total. The summed E-state index contributed by atoms with van der Waals surface area (Å²) in [7, 11) is 19.5. The van der Waals surface area contributed by atoms with E-state index in [1.807, 2.05) is 7.11 Å². The third-order valence-corrected chi connectivity index (χ3v) is 65.1. The topological polar surface area (TPSA) is 9.23 Å². The Kier molecular flexibility index (Phi) is 9.75. The fourth-order valence-corrected chi connectivity index (χ4v) is 43.2. The van der Waals surface area contributed by atoms with E-state index in [9.17, 15) is 0 Å². The molecular formula is C48H59Cl2OSiZr. The van der Waals surface area contributed by atoms with Crippen LogP contribution in [0.5, 0.6) is 5.75 Å². The van der Waals surface area contributed by atoms with Crippen molar-refractivity contribution in [2.24, 2.45) is 0 Å². The van der Waals surface area contributed by atoms with Crippen LogP contribution in [0.25, 0.3) is 34.4 Å². The zero-order valence-electron chi connectivity index (χ0n) is 34.4. The predicted octanol–water partition coefficient (Wildman–Crippen LogP) is 14.3. The Hall–Kier alpha value is -2.16. The zero-order chi connectivity index (χ0) is 38.6. The van der Waals surface area contributed by atoms with E-state index in [1.165, 1.54) is 95.5 Å². The van der Waals surface area contributed by atoms with Gasteiger partial charge >= 0.3 is 332 Å². The molecule has 0 saturated carbocycles. The first-order chi connectivity index (χ1) is 24.7. The number of rotatable bonds is 6. The van der Waals surface area contributed by atoms with Gasteiger partial charge in [-0.25, -0.2) is 0 Å². The normalized spacial score (nSPS) is 19.1. The van der Waals surface area contributed by atoms with Crippen LogP contribution in [0, 0.1) is 13.8 Å². The van der Waals surface area contributed by atoms with Gasteiger partial charge in [0, 0.05) is 0 Å². The first-order valence-corrected chi connectivity index (χ1v) is 36.0. The minimum absolute atomic E-state index is 0.0141. The summed E-state index contributed by atoms with van der Waals surface area (Å²) in [6, 6.07) is 21.3. The van der Waals surface area contributed by atoms with E-state index in [0.29, 0.717) is 0 Å². The van der Waals surface area contributed by atoms with Crippen LogP contribution in [-0.4, -0.2) is 13.0 Å². The molecular weight excluding hydrogens is 783 g/mol. The second-order valence-electron chi connectivity index (χ2n) is 19.1. The molecule has 53 heavy (non-hydrogen) atoms. The van der Waals surface area contributed by atoms with Crippen molar-refractivity contribution in [3.8, 4) is 28.0 Å². The van der Waals surface area contributed by atoms with Crippen molar-refractivity contribution in [1.29, 1.82) is 0 Å². The van der Waals surface area contributed by atoms with Gasteiger partial charge in [0.15, 0.2) is 0 Å². The summed E-state index contributed by atoms with van der Waals surface area (Å²) < 4.78 is 6.47. The summed E-state index contributed by atoms with van der Waals surface area (Å²) in [6.07, 6.45) is 8.37. The first kappa shape index (κ1) is 39.1. The van der Waals surface area contributed by atoms with Crippen LogP contribution in [-0.2, 0) is 39.2 Å².